The number of carbonyl (C=O) groups excluding carboxylic acids is 1. The van der Waals surface area contributed by atoms with Gasteiger partial charge in [0.2, 0.25) is 5.13 Å². The van der Waals surface area contributed by atoms with Gasteiger partial charge in [-0.15, -0.1) is 10.2 Å². The molecule has 4 aromatic rings. The van der Waals surface area contributed by atoms with Crippen LogP contribution in [0, 0.1) is 5.82 Å². The number of aromatic nitrogens is 3. The van der Waals surface area contributed by atoms with Gasteiger partial charge in [-0.25, -0.2) is 4.39 Å². The summed E-state index contributed by atoms with van der Waals surface area (Å²) < 4.78 is 19.8. The Labute approximate surface area is 195 Å². The first kappa shape index (κ1) is 24.0. The topological polar surface area (TPSA) is 80.2 Å². The number of carbonyl (C=O) groups is 1. The average molecular weight is 466 g/mol. The molecule has 0 aliphatic heterocycles. The fraction of sp³-hybridized carbons (Fsp3) is 0.167. The fourth-order valence-corrected chi connectivity index (χ4v) is 3.29. The van der Waals surface area contributed by atoms with Crippen molar-refractivity contribution in [3.8, 4) is 16.3 Å². The maximum Gasteiger partial charge on any atom is 0.257 e. The second-order valence-corrected chi connectivity index (χ2v) is 8.34. The van der Waals surface area contributed by atoms with Crippen LogP contribution in [0.3, 0.4) is 0 Å². The van der Waals surface area contributed by atoms with Crippen LogP contribution in [0.2, 0.25) is 0 Å². The zero-order valence-corrected chi connectivity index (χ0v) is 19.3. The third-order valence-electron chi connectivity index (χ3n) is 4.00. The molecular weight excluding hydrogens is 441 g/mol. The second-order valence-electron chi connectivity index (χ2n) is 7.36. The Morgan fingerprint density at radius 1 is 1.03 bits per heavy atom. The lowest BCUT2D eigenvalue weighted by molar-refractivity contribution is 0.102. The van der Waals surface area contributed by atoms with E-state index in [0.717, 1.165) is 17.2 Å². The van der Waals surface area contributed by atoms with Gasteiger partial charge in [0, 0.05) is 23.5 Å². The molecule has 0 radical (unpaired) electrons. The number of hydrogen-bond donors (Lipinski definition) is 1. The Balaban J connectivity index is 0.000000709. The molecule has 1 amide bonds. The Bertz CT molecular complexity index is 1170. The molecule has 0 spiro atoms. The second kappa shape index (κ2) is 11.8. The Hall–Kier alpha value is -3.69. The molecule has 1 N–H and O–H groups in total. The average Bonchev–Trinajstić information content (AvgIpc) is 3.27. The molecule has 2 heterocycles. The molecule has 170 valence electrons. The van der Waals surface area contributed by atoms with E-state index in [1.807, 2.05) is 56.4 Å². The number of anilines is 1. The molecule has 0 saturated heterocycles. The predicted octanol–water partition coefficient (Wildman–Crippen LogP) is 4.75. The lowest BCUT2D eigenvalue weighted by atomic mass is 10.2. The predicted molar refractivity (Wildman–Crippen MR) is 128 cm³/mol. The number of nitrogens with zero attached hydrogens (tertiary/aromatic N) is 4. The molecule has 0 aliphatic rings. The standard InChI is InChI=1S/C21H15FN4O2S.C3H9N/c22-17-12-16(6-7-18(17)28-13-14-4-2-1-3-5-14)19(27)24-21-26-25-20(29-21)15-8-10-23-11-9-15;1-4(2)3/h1-12H,13H2,(H,24,26,27);1-3H3. The minimum absolute atomic E-state index is 0.0845. The van der Waals surface area contributed by atoms with Crippen molar-refractivity contribution >= 4 is 22.4 Å². The molecule has 2 aromatic carbocycles. The van der Waals surface area contributed by atoms with Crippen LogP contribution >= 0.6 is 11.3 Å². The van der Waals surface area contributed by atoms with Crippen LogP contribution < -0.4 is 10.1 Å². The summed E-state index contributed by atoms with van der Waals surface area (Å²) in [6.07, 6.45) is 3.30. The van der Waals surface area contributed by atoms with Crippen LogP contribution in [0.4, 0.5) is 9.52 Å². The molecule has 0 aliphatic carbocycles. The molecule has 0 bridgehead atoms. The van der Waals surface area contributed by atoms with Crippen molar-refractivity contribution in [2.75, 3.05) is 26.5 Å². The maximum absolute atomic E-state index is 14.3. The van der Waals surface area contributed by atoms with Crippen LogP contribution in [0.15, 0.2) is 73.1 Å². The minimum Gasteiger partial charge on any atom is -0.486 e. The summed E-state index contributed by atoms with van der Waals surface area (Å²) in [7, 11) is 6.00. The first-order valence-corrected chi connectivity index (χ1v) is 10.9. The molecule has 0 fully saturated rings. The van der Waals surface area contributed by atoms with Crippen molar-refractivity contribution in [1.29, 1.82) is 0 Å². The van der Waals surface area contributed by atoms with Gasteiger partial charge in [0.05, 0.1) is 0 Å². The molecule has 9 heteroatoms. The number of pyridine rings is 1. The van der Waals surface area contributed by atoms with E-state index in [0.29, 0.717) is 10.1 Å². The van der Waals surface area contributed by atoms with Crippen LogP contribution in [0.25, 0.3) is 10.6 Å². The van der Waals surface area contributed by atoms with E-state index in [9.17, 15) is 9.18 Å². The number of benzene rings is 2. The third-order valence-corrected chi connectivity index (χ3v) is 4.89. The maximum atomic E-state index is 14.3. The number of rotatable bonds is 6. The third kappa shape index (κ3) is 7.44. The molecule has 0 atom stereocenters. The van der Waals surface area contributed by atoms with Crippen LogP contribution in [0.5, 0.6) is 5.75 Å². The largest absolute Gasteiger partial charge is 0.486 e. The molecule has 33 heavy (non-hydrogen) atoms. The van der Waals surface area contributed by atoms with E-state index >= 15 is 0 Å². The number of nitrogens with one attached hydrogen (secondary N) is 1. The Morgan fingerprint density at radius 3 is 2.39 bits per heavy atom. The van der Waals surface area contributed by atoms with Gasteiger partial charge in [-0.2, -0.15) is 0 Å². The van der Waals surface area contributed by atoms with Gasteiger partial charge in [-0.3, -0.25) is 15.1 Å². The fourth-order valence-electron chi connectivity index (χ4n) is 2.55. The number of amides is 1. The van der Waals surface area contributed by atoms with E-state index in [4.69, 9.17) is 4.74 Å². The van der Waals surface area contributed by atoms with Gasteiger partial charge in [-0.1, -0.05) is 41.7 Å². The quantitative estimate of drug-likeness (QED) is 0.443. The Morgan fingerprint density at radius 2 is 1.73 bits per heavy atom. The van der Waals surface area contributed by atoms with E-state index in [1.54, 1.807) is 24.5 Å². The number of hydrogen-bond acceptors (Lipinski definition) is 7. The van der Waals surface area contributed by atoms with E-state index in [2.05, 4.69) is 20.5 Å². The lowest BCUT2D eigenvalue weighted by Gasteiger charge is -2.08. The molecule has 4 rings (SSSR count). The van der Waals surface area contributed by atoms with E-state index in [-0.39, 0.29) is 17.9 Å². The highest BCUT2D eigenvalue weighted by Crippen LogP contribution is 2.26. The zero-order chi connectivity index (χ0) is 23.6. The highest BCUT2D eigenvalue weighted by molar-refractivity contribution is 7.18. The van der Waals surface area contributed by atoms with E-state index < -0.39 is 11.7 Å². The summed E-state index contributed by atoms with van der Waals surface area (Å²) in [5, 5.41) is 11.6. The normalized spacial score (nSPS) is 10.3. The van der Waals surface area contributed by atoms with Gasteiger partial charge in [0.25, 0.3) is 5.91 Å². The molecule has 7 nitrogen and oxygen atoms in total. The zero-order valence-electron chi connectivity index (χ0n) is 18.5. The van der Waals surface area contributed by atoms with Crippen LogP contribution in [-0.2, 0) is 6.61 Å². The van der Waals surface area contributed by atoms with Gasteiger partial charge in [0.1, 0.15) is 11.6 Å². The van der Waals surface area contributed by atoms with Crippen molar-refractivity contribution in [3.05, 3.63) is 90.0 Å². The van der Waals surface area contributed by atoms with Crippen molar-refractivity contribution in [1.82, 2.24) is 20.1 Å². The highest BCUT2D eigenvalue weighted by atomic mass is 32.1. The summed E-state index contributed by atoms with van der Waals surface area (Å²) in [6, 6.07) is 17.1. The van der Waals surface area contributed by atoms with E-state index in [1.165, 1.54) is 23.5 Å². The van der Waals surface area contributed by atoms with Gasteiger partial charge < -0.3 is 9.64 Å². The van der Waals surface area contributed by atoms with Gasteiger partial charge in [0.15, 0.2) is 11.6 Å². The molecule has 2 aromatic heterocycles. The summed E-state index contributed by atoms with van der Waals surface area (Å²) >= 11 is 1.22. The molecule has 0 unspecified atom stereocenters. The summed E-state index contributed by atoms with van der Waals surface area (Å²) in [4.78, 5) is 18.4. The van der Waals surface area contributed by atoms with Crippen molar-refractivity contribution in [2.45, 2.75) is 6.61 Å². The van der Waals surface area contributed by atoms with Crippen LogP contribution in [0.1, 0.15) is 15.9 Å². The lowest BCUT2D eigenvalue weighted by Crippen LogP contribution is -2.12. The smallest absolute Gasteiger partial charge is 0.257 e. The SMILES string of the molecule is CN(C)C.O=C(Nc1nnc(-c2ccncc2)s1)c1ccc(OCc2ccccc2)c(F)c1. The van der Waals surface area contributed by atoms with Crippen LogP contribution in [-0.4, -0.2) is 47.1 Å². The molecule has 0 saturated carbocycles. The first-order valence-electron chi connectivity index (χ1n) is 10.0. The highest BCUT2D eigenvalue weighted by Gasteiger charge is 2.14. The van der Waals surface area contributed by atoms with Crippen molar-refractivity contribution < 1.29 is 13.9 Å². The summed E-state index contributed by atoms with van der Waals surface area (Å²) in [5.41, 5.74) is 1.94. The first-order chi connectivity index (χ1) is 15.9. The monoisotopic (exact) mass is 465 g/mol. The Kier molecular flexibility index (Phi) is 8.56. The van der Waals surface area contributed by atoms with Crippen molar-refractivity contribution in [3.63, 3.8) is 0 Å². The van der Waals surface area contributed by atoms with Gasteiger partial charge >= 0.3 is 0 Å². The summed E-state index contributed by atoms with van der Waals surface area (Å²) in [6.45, 7) is 0.242. The molecular formula is C24H24FN5O2S. The number of halogens is 1. The summed E-state index contributed by atoms with van der Waals surface area (Å²) in [5.74, 6) is -0.999. The number of ether oxygens (including phenoxy) is 1. The minimum atomic E-state index is -0.608. The van der Waals surface area contributed by atoms with Gasteiger partial charge in [-0.05, 0) is 57.0 Å². The van der Waals surface area contributed by atoms with Crippen molar-refractivity contribution in [2.24, 2.45) is 0 Å².